The van der Waals surface area contributed by atoms with E-state index in [0.29, 0.717) is 16.7 Å². The van der Waals surface area contributed by atoms with Crippen molar-refractivity contribution in [2.75, 3.05) is 0 Å². The topological polar surface area (TPSA) is 115 Å². The lowest BCUT2D eigenvalue weighted by molar-refractivity contribution is -0.145. The summed E-state index contributed by atoms with van der Waals surface area (Å²) >= 11 is 0. The summed E-state index contributed by atoms with van der Waals surface area (Å²) < 4.78 is 37.6. The number of carbonyl (C=O) groups is 1. The second kappa shape index (κ2) is 7.59. The summed E-state index contributed by atoms with van der Waals surface area (Å²) in [7, 11) is -3.69. The van der Waals surface area contributed by atoms with Crippen LogP contribution >= 0.6 is 0 Å². The molecule has 1 N–H and O–H groups in total. The number of hydrogen-bond donors (Lipinski definition) is 1. The highest BCUT2D eigenvalue weighted by molar-refractivity contribution is 7.90. The molecule has 1 aliphatic carbocycles. The zero-order valence-electron chi connectivity index (χ0n) is 17.3. The lowest BCUT2D eigenvalue weighted by Crippen LogP contribution is -2.26. The second-order valence-corrected chi connectivity index (χ2v) is 9.58. The Morgan fingerprint density at radius 2 is 1.94 bits per heavy atom. The largest absolute Gasteiger partial charge is 0.459 e. The van der Waals surface area contributed by atoms with E-state index >= 15 is 0 Å². The van der Waals surface area contributed by atoms with Crippen LogP contribution < -0.4 is 10.3 Å². The second-order valence-electron chi connectivity index (χ2n) is 7.92. The number of rotatable bonds is 4. The van der Waals surface area contributed by atoms with Gasteiger partial charge in [0.2, 0.25) is 0 Å². The quantitative estimate of drug-likeness (QED) is 0.480. The standard InChI is InChI=1S/C23H20N2O6S/c1-13(24-22-17-7-2-3-8-20(17)32(28,29)25-22)23(27)30-12-16-11-21(26)31-19-10-15-6-4-5-14(15)9-18(16)19/h2-3,7-11,13H,4-6,12H2,1H3,(H,24,25)/t13-/m0/s1. The lowest BCUT2D eigenvalue weighted by atomic mass is 10.0. The minimum Gasteiger partial charge on any atom is -0.459 e. The smallest absolute Gasteiger partial charge is 0.336 e. The maximum atomic E-state index is 12.6. The molecular formula is C23H20N2O6S. The van der Waals surface area contributed by atoms with Crippen LogP contribution in [-0.4, -0.2) is 26.3 Å². The van der Waals surface area contributed by atoms with Crippen molar-refractivity contribution in [2.45, 2.75) is 43.7 Å². The average Bonchev–Trinajstić information content (AvgIpc) is 3.32. The minimum absolute atomic E-state index is 0.103. The van der Waals surface area contributed by atoms with E-state index in [1.54, 1.807) is 18.2 Å². The van der Waals surface area contributed by atoms with E-state index in [2.05, 4.69) is 9.71 Å². The first-order valence-corrected chi connectivity index (χ1v) is 11.8. The van der Waals surface area contributed by atoms with Crippen molar-refractivity contribution in [1.82, 2.24) is 4.72 Å². The van der Waals surface area contributed by atoms with Crippen LogP contribution in [0, 0.1) is 0 Å². The molecule has 0 amide bonds. The van der Waals surface area contributed by atoms with Gasteiger partial charge in [-0.1, -0.05) is 12.1 Å². The van der Waals surface area contributed by atoms with Gasteiger partial charge in [0.05, 0.1) is 4.90 Å². The number of fused-ring (bicyclic) bond motifs is 3. The third kappa shape index (κ3) is 3.58. The molecular weight excluding hydrogens is 432 g/mol. The van der Waals surface area contributed by atoms with Gasteiger partial charge in [0, 0.05) is 22.6 Å². The maximum Gasteiger partial charge on any atom is 0.336 e. The van der Waals surface area contributed by atoms with Crippen LogP contribution in [-0.2, 0) is 39.0 Å². The van der Waals surface area contributed by atoms with Crippen molar-refractivity contribution in [3.63, 3.8) is 0 Å². The fourth-order valence-electron chi connectivity index (χ4n) is 4.16. The molecule has 5 rings (SSSR count). The van der Waals surface area contributed by atoms with E-state index in [0.717, 1.165) is 24.6 Å². The normalized spacial score (nSPS) is 18.2. The van der Waals surface area contributed by atoms with Gasteiger partial charge in [-0.25, -0.2) is 18.0 Å². The van der Waals surface area contributed by atoms with E-state index in [9.17, 15) is 18.0 Å². The van der Waals surface area contributed by atoms with E-state index in [1.165, 1.54) is 30.2 Å². The van der Waals surface area contributed by atoms with E-state index in [-0.39, 0.29) is 17.3 Å². The van der Waals surface area contributed by atoms with Crippen LogP contribution in [0.2, 0.25) is 0 Å². The number of aryl methyl sites for hydroxylation is 2. The van der Waals surface area contributed by atoms with Gasteiger partial charge in [-0.3, -0.25) is 9.71 Å². The van der Waals surface area contributed by atoms with Crippen LogP contribution in [0.5, 0.6) is 0 Å². The number of esters is 1. The molecule has 2 aromatic carbocycles. The predicted octanol–water partition coefficient (Wildman–Crippen LogP) is 2.45. The Hall–Kier alpha value is -3.46. The summed E-state index contributed by atoms with van der Waals surface area (Å²) in [5, 5.41) is 0.745. The summed E-state index contributed by atoms with van der Waals surface area (Å²) in [6.07, 6.45) is 2.99. The minimum atomic E-state index is -3.69. The zero-order valence-corrected chi connectivity index (χ0v) is 18.1. The first-order valence-electron chi connectivity index (χ1n) is 10.3. The van der Waals surface area contributed by atoms with Gasteiger partial charge >= 0.3 is 11.6 Å². The summed E-state index contributed by atoms with van der Waals surface area (Å²) in [6, 6.07) is 10.7. The first kappa shape index (κ1) is 20.4. The lowest BCUT2D eigenvalue weighted by Gasteiger charge is -2.11. The van der Waals surface area contributed by atoms with Gasteiger partial charge in [0.25, 0.3) is 10.0 Å². The van der Waals surface area contributed by atoms with Crippen molar-refractivity contribution in [1.29, 1.82) is 0 Å². The number of carbonyl (C=O) groups excluding carboxylic acids is 1. The Morgan fingerprint density at radius 3 is 2.75 bits per heavy atom. The number of hydrogen-bond acceptors (Lipinski definition) is 7. The molecule has 3 aromatic rings. The van der Waals surface area contributed by atoms with Gasteiger partial charge in [-0.05, 0) is 61.6 Å². The maximum absolute atomic E-state index is 12.6. The van der Waals surface area contributed by atoms with Gasteiger partial charge in [-0.15, -0.1) is 0 Å². The van der Waals surface area contributed by atoms with Crippen molar-refractivity contribution >= 4 is 32.8 Å². The van der Waals surface area contributed by atoms with Crippen LogP contribution in [0.4, 0.5) is 0 Å². The molecule has 164 valence electrons. The highest BCUT2D eigenvalue weighted by Crippen LogP contribution is 2.29. The molecule has 8 nitrogen and oxygen atoms in total. The molecule has 1 atom stereocenters. The Labute approximate surface area is 184 Å². The molecule has 0 radical (unpaired) electrons. The van der Waals surface area contributed by atoms with E-state index in [1.807, 2.05) is 12.1 Å². The Bertz CT molecular complexity index is 1460. The monoisotopic (exact) mass is 452 g/mol. The van der Waals surface area contributed by atoms with Crippen molar-refractivity contribution in [3.05, 3.63) is 75.1 Å². The van der Waals surface area contributed by atoms with Crippen LogP contribution in [0.1, 0.15) is 35.6 Å². The highest BCUT2D eigenvalue weighted by atomic mass is 32.2. The van der Waals surface area contributed by atoms with E-state index < -0.39 is 27.7 Å². The molecule has 2 aliphatic rings. The first-order chi connectivity index (χ1) is 15.3. The van der Waals surface area contributed by atoms with Crippen molar-refractivity contribution in [2.24, 2.45) is 4.99 Å². The molecule has 0 unspecified atom stereocenters. The number of amidine groups is 1. The molecule has 32 heavy (non-hydrogen) atoms. The summed E-state index contributed by atoms with van der Waals surface area (Å²) in [5.41, 5.74) is 3.34. The number of ether oxygens (including phenoxy) is 1. The Balaban J connectivity index is 1.37. The molecule has 9 heteroatoms. The summed E-state index contributed by atoms with van der Waals surface area (Å²) in [6.45, 7) is 1.41. The highest BCUT2D eigenvalue weighted by Gasteiger charge is 2.31. The Morgan fingerprint density at radius 1 is 1.19 bits per heavy atom. The predicted molar refractivity (Wildman–Crippen MR) is 117 cm³/mol. The van der Waals surface area contributed by atoms with Crippen LogP contribution in [0.15, 0.2) is 61.6 Å². The van der Waals surface area contributed by atoms with Gasteiger partial charge < -0.3 is 9.15 Å². The number of sulfonamides is 1. The third-order valence-corrected chi connectivity index (χ3v) is 7.14. The SMILES string of the molecule is C[C@H](N=C1NS(=O)(=O)c2ccccc21)C(=O)OCc1cc(=O)oc2cc3c(cc12)CCC3. The van der Waals surface area contributed by atoms with E-state index in [4.69, 9.17) is 9.15 Å². The number of aliphatic imine (C=N–C) groups is 1. The molecule has 0 spiro atoms. The fourth-order valence-corrected chi connectivity index (χ4v) is 5.40. The Kier molecular flexibility index (Phi) is 4.85. The van der Waals surface area contributed by atoms with Crippen LogP contribution in [0.3, 0.4) is 0 Å². The number of benzene rings is 2. The van der Waals surface area contributed by atoms with Gasteiger partial charge in [-0.2, -0.15) is 0 Å². The fraction of sp³-hybridized carbons (Fsp3) is 0.261. The third-order valence-electron chi connectivity index (χ3n) is 5.74. The molecule has 0 saturated carbocycles. The molecule has 2 heterocycles. The molecule has 0 bridgehead atoms. The van der Waals surface area contributed by atoms with Crippen molar-refractivity contribution < 1.29 is 22.4 Å². The molecule has 0 fully saturated rings. The van der Waals surface area contributed by atoms with Gasteiger partial charge in [0.15, 0.2) is 0 Å². The molecule has 0 saturated heterocycles. The summed E-state index contributed by atoms with van der Waals surface area (Å²) in [4.78, 5) is 28.9. The molecule has 1 aliphatic heterocycles. The number of nitrogens with one attached hydrogen (secondary N) is 1. The number of nitrogens with zero attached hydrogens (tertiary/aromatic N) is 1. The zero-order chi connectivity index (χ0) is 22.5. The summed E-state index contributed by atoms with van der Waals surface area (Å²) in [5.74, 6) is -0.532. The average molecular weight is 452 g/mol. The molecule has 1 aromatic heterocycles. The van der Waals surface area contributed by atoms with Gasteiger partial charge in [0.1, 0.15) is 24.1 Å². The van der Waals surface area contributed by atoms with Crippen LogP contribution in [0.25, 0.3) is 11.0 Å². The van der Waals surface area contributed by atoms with Crippen molar-refractivity contribution in [3.8, 4) is 0 Å².